The lowest BCUT2D eigenvalue weighted by Gasteiger charge is -2.22. The van der Waals surface area contributed by atoms with E-state index in [1.807, 2.05) is 0 Å². The van der Waals surface area contributed by atoms with Crippen LogP contribution in [0.3, 0.4) is 0 Å². The zero-order valence-electron chi connectivity index (χ0n) is 12.0. The van der Waals surface area contributed by atoms with Crippen LogP contribution in [0, 0.1) is 0 Å². The molecule has 0 aromatic heterocycles. The molecule has 0 radical (unpaired) electrons. The third-order valence-electron chi connectivity index (χ3n) is 4.57. The molecule has 0 spiro atoms. The van der Waals surface area contributed by atoms with E-state index in [0.29, 0.717) is 21.8 Å². The molecule has 2 heteroatoms. The molecule has 0 aliphatic carbocycles. The standard InChI is InChI=1S/C17H26S2/c1-15(18-11-5-6-12-18)17(19-13-7-8-14-19)16-9-3-2-4-10-16/h2-4,9-10,15,17H,5-8,11-14H2,1H3/q+2. The Kier molecular flexibility index (Phi) is 4.81. The van der Waals surface area contributed by atoms with Crippen molar-refractivity contribution in [3.63, 3.8) is 0 Å². The Morgan fingerprint density at radius 3 is 1.89 bits per heavy atom. The van der Waals surface area contributed by atoms with Gasteiger partial charge in [-0.3, -0.25) is 0 Å². The van der Waals surface area contributed by atoms with Gasteiger partial charge in [0.2, 0.25) is 0 Å². The summed E-state index contributed by atoms with van der Waals surface area (Å²) in [7, 11) is 1.37. The van der Waals surface area contributed by atoms with Gasteiger partial charge in [0.1, 0.15) is 23.0 Å². The first-order valence-electron chi connectivity index (χ1n) is 7.74. The molecule has 2 saturated heterocycles. The van der Waals surface area contributed by atoms with Gasteiger partial charge in [-0.1, -0.05) is 30.3 Å². The van der Waals surface area contributed by atoms with E-state index >= 15 is 0 Å². The monoisotopic (exact) mass is 294 g/mol. The van der Waals surface area contributed by atoms with Crippen LogP contribution in [-0.2, 0) is 21.8 Å². The van der Waals surface area contributed by atoms with Gasteiger partial charge >= 0.3 is 0 Å². The van der Waals surface area contributed by atoms with Crippen molar-refractivity contribution in [2.45, 2.75) is 43.1 Å². The number of rotatable bonds is 4. The summed E-state index contributed by atoms with van der Waals surface area (Å²) in [5.41, 5.74) is 1.64. The first-order chi connectivity index (χ1) is 9.36. The van der Waals surface area contributed by atoms with Crippen LogP contribution in [0.15, 0.2) is 30.3 Å². The maximum atomic E-state index is 2.57. The average Bonchev–Trinajstić information content (AvgIpc) is 3.13. The molecule has 1 aromatic carbocycles. The van der Waals surface area contributed by atoms with Crippen LogP contribution in [-0.4, -0.2) is 28.3 Å². The number of hydrogen-bond donors (Lipinski definition) is 0. The topological polar surface area (TPSA) is 0 Å². The molecule has 2 aliphatic rings. The van der Waals surface area contributed by atoms with E-state index in [9.17, 15) is 0 Å². The summed E-state index contributed by atoms with van der Waals surface area (Å²) < 4.78 is 0. The minimum atomic E-state index is 0.665. The van der Waals surface area contributed by atoms with Crippen molar-refractivity contribution in [1.29, 1.82) is 0 Å². The summed E-state index contributed by atoms with van der Waals surface area (Å²) in [5, 5.41) is 1.79. The zero-order chi connectivity index (χ0) is 13.1. The molecular formula is C17H26S2+2. The third-order valence-corrected chi connectivity index (χ3v) is 10.7. The van der Waals surface area contributed by atoms with Crippen LogP contribution >= 0.6 is 0 Å². The summed E-state index contributed by atoms with van der Waals surface area (Å²) in [6, 6.07) is 11.4. The van der Waals surface area contributed by atoms with E-state index in [-0.39, 0.29) is 0 Å². The normalized spacial score (nSPS) is 24.7. The summed E-state index contributed by atoms with van der Waals surface area (Å²) in [5.74, 6) is 6.03. The second kappa shape index (κ2) is 6.58. The van der Waals surface area contributed by atoms with E-state index in [2.05, 4.69) is 37.3 Å². The summed E-state index contributed by atoms with van der Waals surface area (Å²) in [6.07, 6.45) is 5.94. The highest BCUT2D eigenvalue weighted by Crippen LogP contribution is 2.38. The predicted octanol–water partition coefficient (Wildman–Crippen LogP) is 3.94. The lowest BCUT2D eigenvalue weighted by atomic mass is 10.1. The first kappa shape index (κ1) is 13.9. The van der Waals surface area contributed by atoms with Gasteiger partial charge in [0, 0.05) is 16.5 Å². The van der Waals surface area contributed by atoms with E-state index in [1.165, 1.54) is 48.7 Å². The van der Waals surface area contributed by atoms with Crippen LogP contribution in [0.2, 0.25) is 0 Å². The molecule has 0 bridgehead atoms. The third kappa shape index (κ3) is 3.16. The van der Waals surface area contributed by atoms with Gasteiger partial charge in [0.15, 0.2) is 10.5 Å². The van der Waals surface area contributed by atoms with Gasteiger partial charge in [-0.15, -0.1) is 0 Å². The molecule has 0 N–H and O–H groups in total. The summed E-state index contributed by atoms with van der Waals surface area (Å²) in [6.45, 7) is 2.57. The molecular weight excluding hydrogens is 268 g/mol. The molecule has 0 saturated carbocycles. The highest BCUT2D eigenvalue weighted by Gasteiger charge is 2.47. The van der Waals surface area contributed by atoms with E-state index in [1.54, 1.807) is 5.56 Å². The lowest BCUT2D eigenvalue weighted by Crippen LogP contribution is -2.33. The predicted molar refractivity (Wildman–Crippen MR) is 91.3 cm³/mol. The second-order valence-corrected chi connectivity index (χ2v) is 10.9. The molecule has 1 aromatic rings. The van der Waals surface area contributed by atoms with Crippen molar-refractivity contribution in [3.05, 3.63) is 35.9 Å². The fraction of sp³-hybridized carbons (Fsp3) is 0.647. The Morgan fingerprint density at radius 2 is 1.32 bits per heavy atom. The SMILES string of the molecule is CC(C(c1ccccc1)[S+]1CCCC1)[S+]1CCCC1. The number of benzene rings is 1. The molecule has 2 heterocycles. The summed E-state index contributed by atoms with van der Waals surface area (Å²) >= 11 is 0. The molecule has 104 valence electrons. The quantitative estimate of drug-likeness (QED) is 0.738. The molecule has 2 unspecified atom stereocenters. The zero-order valence-corrected chi connectivity index (χ0v) is 13.6. The first-order valence-corrected chi connectivity index (χ1v) is 11.0. The van der Waals surface area contributed by atoms with Crippen molar-refractivity contribution in [2.75, 3.05) is 23.0 Å². The Hall–Kier alpha value is -0.0800. The van der Waals surface area contributed by atoms with Crippen LogP contribution in [0.4, 0.5) is 0 Å². The van der Waals surface area contributed by atoms with Gasteiger partial charge in [-0.2, -0.15) is 0 Å². The van der Waals surface area contributed by atoms with E-state index in [0.717, 1.165) is 10.5 Å². The van der Waals surface area contributed by atoms with Crippen LogP contribution < -0.4 is 0 Å². The molecule has 2 atom stereocenters. The molecule has 2 fully saturated rings. The minimum Gasteiger partial charge on any atom is -0.0622 e. The van der Waals surface area contributed by atoms with Gasteiger partial charge in [-0.25, -0.2) is 0 Å². The van der Waals surface area contributed by atoms with Crippen molar-refractivity contribution >= 4 is 21.8 Å². The van der Waals surface area contributed by atoms with Gasteiger partial charge in [0.05, 0.1) is 0 Å². The van der Waals surface area contributed by atoms with Gasteiger partial charge in [0.25, 0.3) is 0 Å². The average molecular weight is 295 g/mol. The Balaban J connectivity index is 1.82. The Bertz CT molecular complexity index is 378. The highest BCUT2D eigenvalue weighted by atomic mass is 32.2. The molecule has 3 rings (SSSR count). The molecule has 19 heavy (non-hydrogen) atoms. The molecule has 2 aliphatic heterocycles. The smallest absolute Gasteiger partial charge is 0.0622 e. The molecule has 0 amide bonds. The fourth-order valence-corrected chi connectivity index (χ4v) is 10.0. The Labute approximate surface area is 124 Å². The number of hydrogen-bond acceptors (Lipinski definition) is 0. The van der Waals surface area contributed by atoms with Crippen molar-refractivity contribution in [2.24, 2.45) is 0 Å². The second-order valence-electron chi connectivity index (χ2n) is 5.84. The van der Waals surface area contributed by atoms with Crippen LogP contribution in [0.1, 0.15) is 43.4 Å². The van der Waals surface area contributed by atoms with Crippen molar-refractivity contribution < 1.29 is 0 Å². The van der Waals surface area contributed by atoms with Gasteiger partial charge < -0.3 is 0 Å². The van der Waals surface area contributed by atoms with Gasteiger partial charge in [-0.05, 0) is 43.5 Å². The fourth-order valence-electron chi connectivity index (χ4n) is 3.53. The lowest BCUT2D eigenvalue weighted by molar-refractivity contribution is 0.898. The van der Waals surface area contributed by atoms with E-state index < -0.39 is 0 Å². The highest BCUT2D eigenvalue weighted by molar-refractivity contribution is 8.01. The minimum absolute atomic E-state index is 0.665. The summed E-state index contributed by atoms with van der Waals surface area (Å²) in [4.78, 5) is 0. The molecule has 0 nitrogen and oxygen atoms in total. The van der Waals surface area contributed by atoms with Crippen molar-refractivity contribution in [1.82, 2.24) is 0 Å². The maximum Gasteiger partial charge on any atom is 0.189 e. The maximum absolute atomic E-state index is 2.57. The van der Waals surface area contributed by atoms with E-state index in [4.69, 9.17) is 0 Å². The largest absolute Gasteiger partial charge is 0.189 e. The Morgan fingerprint density at radius 1 is 0.789 bits per heavy atom. The van der Waals surface area contributed by atoms with Crippen LogP contribution in [0.5, 0.6) is 0 Å². The van der Waals surface area contributed by atoms with Crippen LogP contribution in [0.25, 0.3) is 0 Å². The van der Waals surface area contributed by atoms with Crippen molar-refractivity contribution in [3.8, 4) is 0 Å².